The minimum atomic E-state index is 0.148. The lowest BCUT2D eigenvalue weighted by Crippen LogP contribution is -2.00. The largest absolute Gasteiger partial charge is 0.504 e. The Kier molecular flexibility index (Phi) is 3.67. The number of hydrogen-bond donors (Lipinski definition) is 2. The molecule has 0 saturated carbocycles. The summed E-state index contributed by atoms with van der Waals surface area (Å²) in [7, 11) is 0. The molecule has 22 heavy (non-hydrogen) atoms. The number of nitrogens with zero attached hydrogens (tertiary/aromatic N) is 1. The monoisotopic (exact) mass is 296 g/mol. The SMILES string of the molecule is CC(C)n1cc(COc2ccccc2O)c2cccc(N)c21. The molecule has 4 heteroatoms. The molecule has 4 nitrogen and oxygen atoms in total. The van der Waals surface area contributed by atoms with Crippen molar-refractivity contribution in [2.75, 3.05) is 5.73 Å². The van der Waals surface area contributed by atoms with Crippen LogP contribution >= 0.6 is 0 Å². The first-order valence-electron chi connectivity index (χ1n) is 7.36. The number of hydrogen-bond acceptors (Lipinski definition) is 3. The Bertz CT molecular complexity index is 806. The summed E-state index contributed by atoms with van der Waals surface area (Å²) in [6.07, 6.45) is 2.08. The van der Waals surface area contributed by atoms with Gasteiger partial charge in [0.05, 0.1) is 11.2 Å². The number of phenols is 1. The van der Waals surface area contributed by atoms with Gasteiger partial charge in [-0.2, -0.15) is 0 Å². The zero-order valence-electron chi connectivity index (χ0n) is 12.8. The summed E-state index contributed by atoms with van der Waals surface area (Å²) in [6.45, 7) is 4.64. The lowest BCUT2D eigenvalue weighted by Gasteiger charge is -2.10. The number of aromatic nitrogens is 1. The Morgan fingerprint density at radius 1 is 1.14 bits per heavy atom. The molecule has 0 aliphatic carbocycles. The lowest BCUT2D eigenvalue weighted by atomic mass is 10.1. The van der Waals surface area contributed by atoms with Gasteiger partial charge in [0, 0.05) is 23.2 Å². The average molecular weight is 296 g/mol. The van der Waals surface area contributed by atoms with Crippen molar-refractivity contribution in [2.24, 2.45) is 0 Å². The fraction of sp³-hybridized carbons (Fsp3) is 0.222. The van der Waals surface area contributed by atoms with Crippen LogP contribution in [0.5, 0.6) is 11.5 Å². The Hall–Kier alpha value is -2.62. The minimum Gasteiger partial charge on any atom is -0.504 e. The zero-order chi connectivity index (χ0) is 15.7. The highest BCUT2D eigenvalue weighted by molar-refractivity contribution is 5.93. The number of rotatable bonds is 4. The third kappa shape index (κ3) is 2.48. The summed E-state index contributed by atoms with van der Waals surface area (Å²) in [6, 6.07) is 13.2. The molecule has 0 fully saturated rings. The van der Waals surface area contributed by atoms with E-state index in [0.717, 1.165) is 22.2 Å². The van der Waals surface area contributed by atoms with Crippen LogP contribution in [0.1, 0.15) is 25.5 Å². The first-order chi connectivity index (χ1) is 10.6. The predicted octanol–water partition coefficient (Wildman–Crippen LogP) is 4.09. The first kappa shape index (κ1) is 14.3. The number of fused-ring (bicyclic) bond motifs is 1. The number of nitrogen functional groups attached to an aromatic ring is 1. The molecule has 2 aromatic carbocycles. The van der Waals surface area contributed by atoms with E-state index < -0.39 is 0 Å². The number of anilines is 1. The van der Waals surface area contributed by atoms with Gasteiger partial charge in [-0.15, -0.1) is 0 Å². The van der Waals surface area contributed by atoms with Crippen molar-refractivity contribution in [3.63, 3.8) is 0 Å². The van der Waals surface area contributed by atoms with Gasteiger partial charge in [0.15, 0.2) is 11.5 Å². The van der Waals surface area contributed by atoms with Crippen molar-refractivity contribution >= 4 is 16.6 Å². The average Bonchev–Trinajstić information content (AvgIpc) is 2.87. The molecule has 1 heterocycles. The highest BCUT2D eigenvalue weighted by atomic mass is 16.5. The molecule has 114 valence electrons. The highest BCUT2D eigenvalue weighted by Crippen LogP contribution is 2.31. The molecule has 3 aromatic rings. The fourth-order valence-electron chi connectivity index (χ4n) is 2.67. The molecule has 3 rings (SSSR count). The van der Waals surface area contributed by atoms with Crippen molar-refractivity contribution < 1.29 is 9.84 Å². The fourth-order valence-corrected chi connectivity index (χ4v) is 2.67. The maximum atomic E-state index is 9.79. The van der Waals surface area contributed by atoms with Gasteiger partial charge in [-0.05, 0) is 32.0 Å². The highest BCUT2D eigenvalue weighted by Gasteiger charge is 2.13. The van der Waals surface area contributed by atoms with Crippen molar-refractivity contribution in [1.29, 1.82) is 0 Å². The zero-order valence-corrected chi connectivity index (χ0v) is 12.8. The minimum absolute atomic E-state index is 0.148. The molecule has 0 radical (unpaired) electrons. The van der Waals surface area contributed by atoms with E-state index in [4.69, 9.17) is 10.5 Å². The quantitative estimate of drug-likeness (QED) is 0.713. The van der Waals surface area contributed by atoms with Crippen molar-refractivity contribution in [3.8, 4) is 11.5 Å². The Labute approximate surface area is 129 Å². The van der Waals surface area contributed by atoms with Gasteiger partial charge in [-0.3, -0.25) is 0 Å². The molecule has 1 aromatic heterocycles. The molecule has 0 aliphatic rings. The smallest absolute Gasteiger partial charge is 0.161 e. The first-order valence-corrected chi connectivity index (χ1v) is 7.36. The van der Waals surface area contributed by atoms with Crippen LogP contribution in [0.4, 0.5) is 5.69 Å². The molecule has 0 aliphatic heterocycles. The van der Waals surface area contributed by atoms with Crippen LogP contribution in [0.2, 0.25) is 0 Å². The van der Waals surface area contributed by atoms with Crippen molar-refractivity contribution in [2.45, 2.75) is 26.5 Å². The normalized spacial score (nSPS) is 11.2. The maximum Gasteiger partial charge on any atom is 0.161 e. The van der Waals surface area contributed by atoms with Gasteiger partial charge in [0.25, 0.3) is 0 Å². The van der Waals surface area contributed by atoms with Crippen LogP contribution in [-0.4, -0.2) is 9.67 Å². The van der Waals surface area contributed by atoms with E-state index in [1.807, 2.05) is 24.3 Å². The van der Waals surface area contributed by atoms with Crippen LogP contribution in [0, 0.1) is 0 Å². The molecule has 0 spiro atoms. The van der Waals surface area contributed by atoms with E-state index in [-0.39, 0.29) is 5.75 Å². The van der Waals surface area contributed by atoms with E-state index in [2.05, 4.69) is 24.6 Å². The molecule has 3 N–H and O–H groups in total. The van der Waals surface area contributed by atoms with Crippen molar-refractivity contribution in [3.05, 3.63) is 54.2 Å². The van der Waals surface area contributed by atoms with Crippen LogP contribution in [0.3, 0.4) is 0 Å². The Balaban J connectivity index is 1.98. The summed E-state index contributed by atoms with van der Waals surface area (Å²) in [5.74, 6) is 0.631. The van der Waals surface area contributed by atoms with Gasteiger partial charge in [-0.25, -0.2) is 0 Å². The second kappa shape index (κ2) is 5.64. The Morgan fingerprint density at radius 3 is 2.64 bits per heavy atom. The topological polar surface area (TPSA) is 60.4 Å². The van der Waals surface area contributed by atoms with Crippen molar-refractivity contribution in [1.82, 2.24) is 4.57 Å². The van der Waals surface area contributed by atoms with Gasteiger partial charge >= 0.3 is 0 Å². The second-order valence-corrected chi connectivity index (χ2v) is 5.66. The van der Waals surface area contributed by atoms with Crippen LogP contribution in [-0.2, 0) is 6.61 Å². The standard InChI is InChI=1S/C18H20N2O2/c1-12(2)20-10-13(14-6-5-7-15(19)18(14)20)11-22-17-9-4-3-8-16(17)21/h3-10,12,21H,11,19H2,1-2H3. The van der Waals surface area contributed by atoms with Crippen LogP contribution < -0.4 is 10.5 Å². The van der Waals surface area contributed by atoms with Gasteiger partial charge in [0.2, 0.25) is 0 Å². The third-order valence-electron chi connectivity index (χ3n) is 3.77. The summed E-state index contributed by atoms with van der Waals surface area (Å²) in [5.41, 5.74) is 8.99. The summed E-state index contributed by atoms with van der Waals surface area (Å²) in [4.78, 5) is 0. The second-order valence-electron chi connectivity index (χ2n) is 5.66. The number of phenolic OH excluding ortho intramolecular Hbond substituents is 1. The van der Waals surface area contributed by atoms with E-state index in [1.165, 1.54) is 0 Å². The van der Waals surface area contributed by atoms with E-state index in [9.17, 15) is 5.11 Å². The molecular weight excluding hydrogens is 276 g/mol. The van der Waals surface area contributed by atoms with Crippen LogP contribution in [0.25, 0.3) is 10.9 Å². The summed E-state index contributed by atoms with van der Waals surface area (Å²) < 4.78 is 7.92. The number of benzene rings is 2. The molecule has 0 atom stereocenters. The van der Waals surface area contributed by atoms with E-state index in [1.54, 1.807) is 18.2 Å². The maximum absolute atomic E-state index is 9.79. The molecular formula is C18H20N2O2. The molecule has 0 amide bonds. The number of aromatic hydroxyl groups is 1. The number of ether oxygens (including phenoxy) is 1. The molecule has 0 bridgehead atoms. The van der Waals surface area contributed by atoms with E-state index >= 15 is 0 Å². The Morgan fingerprint density at radius 2 is 1.91 bits per heavy atom. The summed E-state index contributed by atoms with van der Waals surface area (Å²) in [5, 5.41) is 10.9. The van der Waals surface area contributed by atoms with Gasteiger partial charge in [-0.1, -0.05) is 24.3 Å². The lowest BCUT2D eigenvalue weighted by molar-refractivity contribution is 0.290. The number of nitrogens with two attached hydrogens (primary N) is 1. The molecule has 0 saturated heterocycles. The van der Waals surface area contributed by atoms with Crippen LogP contribution in [0.15, 0.2) is 48.7 Å². The number of para-hydroxylation sites is 3. The predicted molar refractivity (Wildman–Crippen MR) is 89.2 cm³/mol. The third-order valence-corrected chi connectivity index (χ3v) is 3.77. The van der Waals surface area contributed by atoms with Gasteiger partial charge < -0.3 is 20.1 Å². The summed E-state index contributed by atoms with van der Waals surface area (Å²) >= 11 is 0. The van der Waals surface area contributed by atoms with E-state index in [0.29, 0.717) is 18.4 Å². The molecule has 0 unspecified atom stereocenters. The van der Waals surface area contributed by atoms with Gasteiger partial charge in [0.1, 0.15) is 6.61 Å².